The van der Waals surface area contributed by atoms with E-state index in [9.17, 15) is 4.79 Å². The predicted octanol–water partition coefficient (Wildman–Crippen LogP) is 1.60. The second-order valence-corrected chi connectivity index (χ2v) is 5.57. The van der Waals surface area contributed by atoms with Crippen LogP contribution < -0.4 is 5.32 Å². The van der Waals surface area contributed by atoms with Crippen molar-refractivity contribution in [3.05, 3.63) is 36.0 Å². The molecule has 2 heterocycles. The van der Waals surface area contributed by atoms with Gasteiger partial charge in [0.05, 0.1) is 11.4 Å². The first-order chi connectivity index (χ1) is 11.1. The van der Waals surface area contributed by atoms with Crippen molar-refractivity contribution in [3.63, 3.8) is 0 Å². The number of hydrogen-bond acceptors (Lipinski definition) is 8. The summed E-state index contributed by atoms with van der Waals surface area (Å²) >= 11 is 1.38. The fourth-order valence-corrected chi connectivity index (χ4v) is 2.60. The van der Waals surface area contributed by atoms with E-state index >= 15 is 0 Å². The molecule has 3 aromatic rings. The normalized spacial score (nSPS) is 10.7. The number of rotatable bonds is 5. The highest BCUT2D eigenvalue weighted by atomic mass is 32.2. The van der Waals surface area contributed by atoms with Gasteiger partial charge in [0.2, 0.25) is 17.0 Å². The minimum Gasteiger partial charge on any atom is -0.338 e. The lowest BCUT2D eigenvalue weighted by Crippen LogP contribution is -2.07. The molecule has 0 atom stereocenters. The van der Waals surface area contributed by atoms with Crippen molar-refractivity contribution >= 4 is 23.4 Å². The summed E-state index contributed by atoms with van der Waals surface area (Å²) in [4.78, 5) is 15.3. The molecule has 10 heteroatoms. The Labute approximate surface area is 135 Å². The Balaban J connectivity index is 1.78. The molecule has 0 saturated carbocycles. The molecule has 0 aliphatic rings. The van der Waals surface area contributed by atoms with Crippen LogP contribution in [0.15, 0.2) is 33.9 Å². The van der Waals surface area contributed by atoms with Gasteiger partial charge in [-0.2, -0.15) is 9.67 Å². The fraction of sp³-hybridized carbons (Fsp3) is 0.231. The van der Waals surface area contributed by atoms with E-state index in [1.807, 2.05) is 12.1 Å². The summed E-state index contributed by atoms with van der Waals surface area (Å²) in [5.41, 5.74) is 1.42. The van der Waals surface area contributed by atoms with Gasteiger partial charge in [-0.05, 0) is 35.5 Å². The van der Waals surface area contributed by atoms with Crippen LogP contribution in [0.2, 0.25) is 0 Å². The maximum Gasteiger partial charge on any atom is 0.237 e. The van der Waals surface area contributed by atoms with Crippen molar-refractivity contribution in [1.82, 2.24) is 30.3 Å². The van der Waals surface area contributed by atoms with Crippen LogP contribution in [0.4, 0.5) is 5.69 Å². The first-order valence-electron chi connectivity index (χ1n) is 6.70. The Morgan fingerprint density at radius 1 is 1.43 bits per heavy atom. The molecule has 9 nitrogen and oxygen atoms in total. The second-order valence-electron chi connectivity index (χ2n) is 4.63. The number of nitrogens with one attached hydrogen (secondary N) is 1. The highest BCUT2D eigenvalue weighted by molar-refractivity contribution is 7.98. The van der Waals surface area contributed by atoms with Crippen LogP contribution in [-0.2, 0) is 10.5 Å². The molecule has 118 valence electrons. The van der Waals surface area contributed by atoms with E-state index in [0.717, 1.165) is 5.69 Å². The predicted molar refractivity (Wildman–Crippen MR) is 82.1 cm³/mol. The molecule has 1 N–H and O–H groups in total. The highest BCUT2D eigenvalue weighted by Gasteiger charge is 2.12. The maximum atomic E-state index is 11.2. The molecule has 0 bridgehead atoms. The number of thioether (sulfide) groups is 1. The summed E-state index contributed by atoms with van der Waals surface area (Å²) < 4.78 is 6.65. The van der Waals surface area contributed by atoms with Crippen LogP contribution in [0.5, 0.6) is 0 Å². The van der Waals surface area contributed by atoms with Gasteiger partial charge < -0.3 is 9.84 Å². The molecule has 0 aliphatic carbocycles. The van der Waals surface area contributed by atoms with Gasteiger partial charge in [0, 0.05) is 12.6 Å². The smallest absolute Gasteiger partial charge is 0.237 e. The first-order valence-corrected chi connectivity index (χ1v) is 7.69. The Bertz CT molecular complexity index is 829. The molecule has 1 amide bonds. The average molecular weight is 331 g/mol. The van der Waals surface area contributed by atoms with E-state index < -0.39 is 0 Å². The molecule has 0 aliphatic heterocycles. The summed E-state index contributed by atoms with van der Waals surface area (Å²) in [5, 5.41) is 18.7. The molecule has 0 spiro atoms. The highest BCUT2D eigenvalue weighted by Crippen LogP contribution is 2.23. The van der Waals surface area contributed by atoms with Crippen LogP contribution in [0.3, 0.4) is 0 Å². The van der Waals surface area contributed by atoms with Crippen molar-refractivity contribution in [3.8, 4) is 5.69 Å². The number of tetrazole rings is 1. The van der Waals surface area contributed by atoms with Gasteiger partial charge >= 0.3 is 0 Å². The monoisotopic (exact) mass is 331 g/mol. The third-order valence-electron chi connectivity index (χ3n) is 2.75. The van der Waals surface area contributed by atoms with Gasteiger partial charge in [-0.1, -0.05) is 23.0 Å². The minimum absolute atomic E-state index is 0.139. The van der Waals surface area contributed by atoms with Crippen molar-refractivity contribution < 1.29 is 9.32 Å². The van der Waals surface area contributed by atoms with E-state index in [1.165, 1.54) is 18.7 Å². The van der Waals surface area contributed by atoms with E-state index in [1.54, 1.807) is 23.7 Å². The number of benzene rings is 1. The van der Waals surface area contributed by atoms with E-state index in [-0.39, 0.29) is 5.91 Å². The largest absolute Gasteiger partial charge is 0.338 e. The molecular weight excluding hydrogens is 318 g/mol. The second kappa shape index (κ2) is 6.57. The summed E-state index contributed by atoms with van der Waals surface area (Å²) in [6.45, 7) is 3.21. The fourth-order valence-electron chi connectivity index (χ4n) is 1.87. The van der Waals surface area contributed by atoms with E-state index in [4.69, 9.17) is 4.52 Å². The van der Waals surface area contributed by atoms with E-state index in [0.29, 0.717) is 28.3 Å². The lowest BCUT2D eigenvalue weighted by Gasteiger charge is -2.06. The molecule has 3 rings (SSSR count). The number of aromatic nitrogens is 6. The zero-order valence-electron chi connectivity index (χ0n) is 12.4. The quantitative estimate of drug-likeness (QED) is 0.702. The lowest BCUT2D eigenvalue weighted by atomic mass is 10.3. The standard InChI is InChI=1S/C13H13N7O2S/c1-8-14-12(22-17-8)7-23-13-16-18-19-20(13)11-5-3-4-10(6-11)15-9(2)21/h3-6H,7H2,1-2H3,(H,15,21). The van der Waals surface area contributed by atoms with Crippen molar-refractivity contribution in [2.45, 2.75) is 24.8 Å². The number of carbonyl (C=O) groups excluding carboxylic acids is 1. The Hall–Kier alpha value is -2.75. The van der Waals surface area contributed by atoms with Crippen LogP contribution in [0, 0.1) is 6.92 Å². The van der Waals surface area contributed by atoms with Crippen LogP contribution in [0.1, 0.15) is 18.6 Å². The van der Waals surface area contributed by atoms with Gasteiger partial charge in [0.1, 0.15) is 0 Å². The Kier molecular flexibility index (Phi) is 4.33. The molecule has 0 radical (unpaired) electrons. The van der Waals surface area contributed by atoms with E-state index in [2.05, 4.69) is 31.0 Å². The summed E-state index contributed by atoms with van der Waals surface area (Å²) in [6.07, 6.45) is 0. The number of nitrogens with zero attached hydrogens (tertiary/aromatic N) is 6. The summed E-state index contributed by atoms with van der Waals surface area (Å²) in [6, 6.07) is 7.25. The molecule has 23 heavy (non-hydrogen) atoms. The zero-order chi connectivity index (χ0) is 16.2. The summed E-state index contributed by atoms with van der Waals surface area (Å²) in [5.74, 6) is 1.42. The zero-order valence-corrected chi connectivity index (χ0v) is 13.2. The van der Waals surface area contributed by atoms with Crippen LogP contribution in [-0.4, -0.2) is 36.3 Å². The number of carbonyl (C=O) groups is 1. The van der Waals surface area contributed by atoms with Crippen molar-refractivity contribution in [1.29, 1.82) is 0 Å². The van der Waals surface area contributed by atoms with Gasteiger partial charge in [-0.3, -0.25) is 4.79 Å². The Morgan fingerprint density at radius 2 is 2.30 bits per heavy atom. The maximum absolute atomic E-state index is 11.2. The molecule has 0 unspecified atom stereocenters. The average Bonchev–Trinajstić information content (AvgIpc) is 3.13. The number of amides is 1. The molecule has 2 aromatic heterocycles. The summed E-state index contributed by atoms with van der Waals surface area (Å²) in [7, 11) is 0. The molecule has 0 fully saturated rings. The minimum atomic E-state index is -0.139. The number of anilines is 1. The lowest BCUT2D eigenvalue weighted by molar-refractivity contribution is -0.114. The molecule has 1 aromatic carbocycles. The van der Waals surface area contributed by atoms with Crippen molar-refractivity contribution in [2.24, 2.45) is 0 Å². The first kappa shape index (κ1) is 15.2. The molecular formula is C13H13N7O2S. The number of hydrogen-bond donors (Lipinski definition) is 1. The molecule has 0 saturated heterocycles. The van der Waals surface area contributed by atoms with Gasteiger partial charge in [0.15, 0.2) is 5.82 Å². The van der Waals surface area contributed by atoms with Crippen LogP contribution >= 0.6 is 11.8 Å². The third-order valence-corrected chi connectivity index (χ3v) is 3.65. The van der Waals surface area contributed by atoms with Crippen molar-refractivity contribution in [2.75, 3.05) is 5.32 Å². The van der Waals surface area contributed by atoms with Gasteiger partial charge in [-0.25, -0.2) is 0 Å². The SMILES string of the molecule is CC(=O)Nc1cccc(-n2nnnc2SCc2nc(C)no2)c1. The van der Waals surface area contributed by atoms with Gasteiger partial charge in [0.25, 0.3) is 0 Å². The van der Waals surface area contributed by atoms with Gasteiger partial charge in [-0.15, -0.1) is 5.10 Å². The van der Waals surface area contributed by atoms with Crippen LogP contribution in [0.25, 0.3) is 5.69 Å². The topological polar surface area (TPSA) is 112 Å². The Morgan fingerprint density at radius 3 is 3.04 bits per heavy atom. The number of aryl methyl sites for hydroxylation is 1. The third kappa shape index (κ3) is 3.72.